The van der Waals surface area contributed by atoms with Gasteiger partial charge in [0, 0.05) is 18.8 Å². The van der Waals surface area contributed by atoms with Crippen LogP contribution in [0.15, 0.2) is 24.3 Å². The van der Waals surface area contributed by atoms with Crippen LogP contribution in [-0.4, -0.2) is 41.9 Å². The van der Waals surface area contributed by atoms with Gasteiger partial charge in [-0.15, -0.1) is 0 Å². The number of hydrogen-bond acceptors (Lipinski definition) is 5. The molecule has 0 radical (unpaired) electrons. The molecule has 0 unspecified atom stereocenters. The molecule has 0 bridgehead atoms. The fraction of sp³-hybridized carbons (Fsp3) is 0.444. The van der Waals surface area contributed by atoms with Crippen LogP contribution in [0.4, 0.5) is 5.69 Å². The molecule has 2 amide bonds. The standard InChI is InChI=1S/C18H21N3O4/c1-13(17(23)21-11-3-2-4-12-21)25-18(24)14-5-7-15(8-6-14)20-16(22)9-10-19/h5-8,13H,2-4,9,11-12H2,1H3,(H,20,22)/t13-/m1/s1. The summed E-state index contributed by atoms with van der Waals surface area (Å²) in [6.45, 7) is 2.99. The zero-order valence-corrected chi connectivity index (χ0v) is 14.2. The van der Waals surface area contributed by atoms with E-state index in [4.69, 9.17) is 10.00 Å². The van der Waals surface area contributed by atoms with Crippen LogP contribution in [0.5, 0.6) is 0 Å². The summed E-state index contributed by atoms with van der Waals surface area (Å²) in [4.78, 5) is 37.5. The normalized spacial score (nSPS) is 15.0. The second-order valence-electron chi connectivity index (χ2n) is 5.89. The van der Waals surface area contributed by atoms with Crippen molar-refractivity contribution in [3.8, 4) is 6.07 Å². The van der Waals surface area contributed by atoms with Crippen molar-refractivity contribution in [2.45, 2.75) is 38.7 Å². The monoisotopic (exact) mass is 343 g/mol. The molecular formula is C18H21N3O4. The van der Waals surface area contributed by atoms with Gasteiger partial charge in [-0.1, -0.05) is 0 Å². The van der Waals surface area contributed by atoms with Crippen LogP contribution in [-0.2, 0) is 14.3 Å². The first-order chi connectivity index (χ1) is 12.0. The highest BCUT2D eigenvalue weighted by Crippen LogP contribution is 2.14. The molecule has 1 aliphatic rings. The molecule has 2 rings (SSSR count). The molecule has 7 heteroatoms. The SMILES string of the molecule is C[C@@H](OC(=O)c1ccc(NC(=O)CC#N)cc1)C(=O)N1CCCCC1. The second kappa shape index (κ2) is 8.83. The van der Waals surface area contributed by atoms with Gasteiger partial charge in [-0.3, -0.25) is 9.59 Å². The number of nitrogens with zero attached hydrogens (tertiary/aromatic N) is 2. The number of benzene rings is 1. The average molecular weight is 343 g/mol. The van der Waals surface area contributed by atoms with Gasteiger partial charge in [0.2, 0.25) is 5.91 Å². The number of hydrogen-bond donors (Lipinski definition) is 1. The number of amides is 2. The fourth-order valence-electron chi connectivity index (χ4n) is 2.62. The number of carbonyl (C=O) groups excluding carboxylic acids is 3. The van der Waals surface area contributed by atoms with Crippen LogP contribution in [0, 0.1) is 11.3 Å². The lowest BCUT2D eigenvalue weighted by molar-refractivity contribution is -0.140. The van der Waals surface area contributed by atoms with E-state index in [1.165, 1.54) is 12.1 Å². The Hall–Kier alpha value is -2.88. The van der Waals surface area contributed by atoms with Gasteiger partial charge in [0.15, 0.2) is 6.10 Å². The van der Waals surface area contributed by atoms with Crippen LogP contribution < -0.4 is 5.32 Å². The second-order valence-corrected chi connectivity index (χ2v) is 5.89. The van der Waals surface area contributed by atoms with Gasteiger partial charge in [-0.2, -0.15) is 5.26 Å². The summed E-state index contributed by atoms with van der Waals surface area (Å²) in [7, 11) is 0. The largest absolute Gasteiger partial charge is 0.449 e. The molecule has 0 spiro atoms. The van der Waals surface area contributed by atoms with Crippen LogP contribution in [0.2, 0.25) is 0 Å². The number of nitrogens with one attached hydrogen (secondary N) is 1. The third-order valence-electron chi connectivity index (χ3n) is 3.94. The van der Waals surface area contributed by atoms with Crippen LogP contribution in [0.25, 0.3) is 0 Å². The molecule has 1 heterocycles. The van der Waals surface area contributed by atoms with Crippen molar-refractivity contribution in [1.29, 1.82) is 5.26 Å². The van der Waals surface area contributed by atoms with Gasteiger partial charge in [0.1, 0.15) is 6.42 Å². The molecule has 1 aromatic carbocycles. The molecule has 1 atom stereocenters. The van der Waals surface area contributed by atoms with E-state index in [9.17, 15) is 14.4 Å². The van der Waals surface area contributed by atoms with Gasteiger partial charge in [0.25, 0.3) is 5.91 Å². The van der Waals surface area contributed by atoms with Gasteiger partial charge in [-0.05, 0) is 50.5 Å². The Balaban J connectivity index is 1.90. The predicted octanol–water partition coefficient (Wildman–Crippen LogP) is 2.10. The first-order valence-electron chi connectivity index (χ1n) is 8.28. The van der Waals surface area contributed by atoms with E-state index in [0.29, 0.717) is 18.8 Å². The molecule has 1 saturated heterocycles. The first-order valence-corrected chi connectivity index (χ1v) is 8.28. The molecule has 0 aliphatic carbocycles. The zero-order chi connectivity index (χ0) is 18.2. The molecule has 1 fully saturated rings. The number of anilines is 1. The fourth-order valence-corrected chi connectivity index (χ4v) is 2.62. The molecular weight excluding hydrogens is 322 g/mol. The van der Waals surface area contributed by atoms with Crippen LogP contribution in [0.3, 0.4) is 0 Å². The number of rotatable bonds is 5. The highest BCUT2D eigenvalue weighted by Gasteiger charge is 2.25. The van der Waals surface area contributed by atoms with Crippen molar-refractivity contribution in [1.82, 2.24) is 4.90 Å². The summed E-state index contributed by atoms with van der Waals surface area (Å²) < 4.78 is 5.25. The van der Waals surface area contributed by atoms with Crippen molar-refractivity contribution < 1.29 is 19.1 Å². The number of esters is 1. The van der Waals surface area contributed by atoms with Crippen LogP contribution >= 0.6 is 0 Å². The molecule has 132 valence electrons. The number of piperidine rings is 1. The molecule has 0 aromatic heterocycles. The molecule has 1 N–H and O–H groups in total. The van der Waals surface area contributed by atoms with Gasteiger partial charge >= 0.3 is 5.97 Å². The Morgan fingerprint density at radius 1 is 1.20 bits per heavy atom. The van der Waals surface area contributed by atoms with E-state index in [-0.39, 0.29) is 17.9 Å². The van der Waals surface area contributed by atoms with E-state index in [0.717, 1.165) is 19.3 Å². The Morgan fingerprint density at radius 3 is 2.44 bits per heavy atom. The van der Waals surface area contributed by atoms with Gasteiger partial charge in [0.05, 0.1) is 11.6 Å². The number of likely N-dealkylation sites (tertiary alicyclic amines) is 1. The maximum absolute atomic E-state index is 12.3. The molecule has 1 aliphatic heterocycles. The van der Waals surface area contributed by atoms with Gasteiger partial charge < -0.3 is 15.0 Å². The molecule has 7 nitrogen and oxygen atoms in total. The topological polar surface area (TPSA) is 99.5 Å². The summed E-state index contributed by atoms with van der Waals surface area (Å²) in [5, 5.41) is 11.0. The smallest absolute Gasteiger partial charge is 0.338 e. The maximum Gasteiger partial charge on any atom is 0.338 e. The minimum absolute atomic E-state index is 0.173. The minimum Gasteiger partial charge on any atom is -0.449 e. The van der Waals surface area contributed by atoms with Crippen LogP contribution in [0.1, 0.15) is 43.0 Å². The average Bonchev–Trinajstić information content (AvgIpc) is 2.62. The summed E-state index contributed by atoms with van der Waals surface area (Å²) in [5.74, 6) is -1.18. The highest BCUT2D eigenvalue weighted by atomic mass is 16.5. The van der Waals surface area contributed by atoms with Gasteiger partial charge in [-0.25, -0.2) is 4.79 Å². The Morgan fingerprint density at radius 2 is 1.84 bits per heavy atom. The van der Waals surface area contributed by atoms with Crippen molar-refractivity contribution in [2.75, 3.05) is 18.4 Å². The van der Waals surface area contributed by atoms with E-state index in [2.05, 4.69) is 5.32 Å². The predicted molar refractivity (Wildman–Crippen MR) is 90.6 cm³/mol. The van der Waals surface area contributed by atoms with E-state index in [1.54, 1.807) is 30.0 Å². The van der Waals surface area contributed by atoms with E-state index >= 15 is 0 Å². The lowest BCUT2D eigenvalue weighted by Crippen LogP contribution is -2.42. The van der Waals surface area contributed by atoms with E-state index < -0.39 is 18.0 Å². The summed E-state index contributed by atoms with van der Waals surface area (Å²) in [5.41, 5.74) is 0.769. The highest BCUT2D eigenvalue weighted by molar-refractivity contribution is 5.94. The first kappa shape index (κ1) is 18.5. The summed E-state index contributed by atoms with van der Waals surface area (Å²) in [6, 6.07) is 7.85. The number of carbonyl (C=O) groups is 3. The number of ether oxygens (including phenoxy) is 1. The number of nitriles is 1. The van der Waals surface area contributed by atoms with E-state index in [1.807, 2.05) is 0 Å². The van der Waals surface area contributed by atoms with Crippen molar-refractivity contribution >= 4 is 23.5 Å². The quantitative estimate of drug-likeness (QED) is 0.825. The molecule has 25 heavy (non-hydrogen) atoms. The van der Waals surface area contributed by atoms with Crippen molar-refractivity contribution in [2.24, 2.45) is 0 Å². The summed E-state index contributed by atoms with van der Waals surface area (Å²) >= 11 is 0. The maximum atomic E-state index is 12.3. The third-order valence-corrected chi connectivity index (χ3v) is 3.94. The van der Waals surface area contributed by atoms with Crippen molar-refractivity contribution in [3.05, 3.63) is 29.8 Å². The molecule has 0 saturated carbocycles. The third kappa shape index (κ3) is 5.31. The lowest BCUT2D eigenvalue weighted by atomic mass is 10.1. The zero-order valence-electron chi connectivity index (χ0n) is 14.2. The lowest BCUT2D eigenvalue weighted by Gasteiger charge is -2.28. The molecule has 1 aromatic rings. The Labute approximate surface area is 146 Å². The Bertz CT molecular complexity index is 673. The minimum atomic E-state index is -0.833. The Kier molecular flexibility index (Phi) is 6.52. The summed E-state index contributed by atoms with van der Waals surface area (Å²) in [6.07, 6.45) is 2.01. The van der Waals surface area contributed by atoms with Crippen molar-refractivity contribution in [3.63, 3.8) is 0 Å².